The minimum Gasteiger partial charge on any atom is -0.366 e. The lowest BCUT2D eigenvalue weighted by atomic mass is 10.2. The third kappa shape index (κ3) is 4.16. The first kappa shape index (κ1) is 15.7. The zero-order valence-electron chi connectivity index (χ0n) is 13.4. The third-order valence-corrected chi connectivity index (χ3v) is 4.18. The number of likely N-dealkylation sites (N-methyl/N-ethyl adjacent to an activating group) is 1. The summed E-state index contributed by atoms with van der Waals surface area (Å²) in [6.45, 7) is 8.02. The molecule has 2 aromatic rings. The Labute approximate surface area is 136 Å². The van der Waals surface area contributed by atoms with Gasteiger partial charge in [0.1, 0.15) is 23.8 Å². The smallest absolute Gasteiger partial charge is 0.134 e. The van der Waals surface area contributed by atoms with E-state index in [1.165, 1.54) is 12.1 Å². The molecule has 1 aliphatic heterocycles. The molecule has 1 aromatic carbocycles. The Kier molecular flexibility index (Phi) is 5.02. The van der Waals surface area contributed by atoms with Crippen molar-refractivity contribution in [3.63, 3.8) is 0 Å². The average molecular weight is 315 g/mol. The van der Waals surface area contributed by atoms with Crippen LogP contribution in [0, 0.1) is 5.82 Å². The molecule has 1 aromatic heterocycles. The second-order valence-corrected chi connectivity index (χ2v) is 5.66. The maximum Gasteiger partial charge on any atom is 0.134 e. The number of hydrogen-bond acceptors (Lipinski definition) is 5. The molecule has 23 heavy (non-hydrogen) atoms. The van der Waals surface area contributed by atoms with Crippen molar-refractivity contribution in [1.29, 1.82) is 0 Å². The van der Waals surface area contributed by atoms with E-state index >= 15 is 0 Å². The molecule has 0 saturated carbocycles. The summed E-state index contributed by atoms with van der Waals surface area (Å²) in [6, 6.07) is 8.46. The van der Waals surface area contributed by atoms with Gasteiger partial charge in [-0.05, 0) is 24.2 Å². The van der Waals surface area contributed by atoms with Crippen LogP contribution in [-0.4, -0.2) is 47.6 Å². The van der Waals surface area contributed by atoms with Crippen molar-refractivity contribution in [2.45, 2.75) is 13.5 Å². The fraction of sp³-hybridized carbons (Fsp3) is 0.412. The van der Waals surface area contributed by atoms with Crippen LogP contribution in [0.3, 0.4) is 0 Å². The molecule has 0 bridgehead atoms. The SMILES string of the molecule is CCN1CCN(c2cc(NCc3ccc(F)cc3)ncn2)CC1. The molecule has 2 heterocycles. The van der Waals surface area contributed by atoms with E-state index in [2.05, 4.69) is 32.0 Å². The third-order valence-electron chi connectivity index (χ3n) is 4.18. The number of nitrogens with zero attached hydrogens (tertiary/aromatic N) is 4. The molecule has 122 valence electrons. The first-order valence-corrected chi connectivity index (χ1v) is 8.02. The first-order valence-electron chi connectivity index (χ1n) is 8.02. The highest BCUT2D eigenvalue weighted by Crippen LogP contribution is 2.16. The lowest BCUT2D eigenvalue weighted by molar-refractivity contribution is 0.270. The number of hydrogen-bond donors (Lipinski definition) is 1. The Balaban J connectivity index is 1.60. The van der Waals surface area contributed by atoms with Crippen molar-refractivity contribution in [2.75, 3.05) is 42.9 Å². The number of anilines is 2. The molecular formula is C17H22FN5. The van der Waals surface area contributed by atoms with E-state index in [0.717, 1.165) is 49.9 Å². The highest BCUT2D eigenvalue weighted by Gasteiger charge is 2.17. The van der Waals surface area contributed by atoms with Crippen molar-refractivity contribution in [2.24, 2.45) is 0 Å². The fourth-order valence-electron chi connectivity index (χ4n) is 2.70. The monoisotopic (exact) mass is 315 g/mol. The molecule has 5 nitrogen and oxygen atoms in total. The highest BCUT2D eigenvalue weighted by molar-refractivity contribution is 5.49. The van der Waals surface area contributed by atoms with Gasteiger partial charge in [0.25, 0.3) is 0 Å². The zero-order chi connectivity index (χ0) is 16.1. The topological polar surface area (TPSA) is 44.3 Å². The zero-order valence-corrected chi connectivity index (χ0v) is 13.4. The number of nitrogens with one attached hydrogen (secondary N) is 1. The van der Waals surface area contributed by atoms with Crippen LogP contribution in [0.2, 0.25) is 0 Å². The second kappa shape index (κ2) is 7.37. The second-order valence-electron chi connectivity index (χ2n) is 5.66. The standard InChI is InChI=1S/C17H22FN5/c1-2-22-7-9-23(10-8-22)17-11-16(20-13-21-17)19-12-14-3-5-15(18)6-4-14/h3-6,11,13H,2,7-10,12H2,1H3,(H,19,20,21). The van der Waals surface area contributed by atoms with Crippen LogP contribution in [-0.2, 0) is 6.54 Å². The van der Waals surface area contributed by atoms with E-state index in [1.54, 1.807) is 18.5 Å². The van der Waals surface area contributed by atoms with Crippen LogP contribution in [0.1, 0.15) is 12.5 Å². The fourth-order valence-corrected chi connectivity index (χ4v) is 2.70. The molecular weight excluding hydrogens is 293 g/mol. The molecule has 0 spiro atoms. The highest BCUT2D eigenvalue weighted by atomic mass is 19.1. The number of aromatic nitrogens is 2. The Hall–Kier alpha value is -2.21. The lowest BCUT2D eigenvalue weighted by Gasteiger charge is -2.34. The summed E-state index contributed by atoms with van der Waals surface area (Å²) in [7, 11) is 0. The summed E-state index contributed by atoms with van der Waals surface area (Å²) < 4.78 is 12.9. The summed E-state index contributed by atoms with van der Waals surface area (Å²) in [5.41, 5.74) is 1.02. The molecule has 0 aliphatic carbocycles. The van der Waals surface area contributed by atoms with Gasteiger partial charge >= 0.3 is 0 Å². The molecule has 1 N–H and O–H groups in total. The van der Waals surface area contributed by atoms with E-state index in [9.17, 15) is 4.39 Å². The maximum absolute atomic E-state index is 12.9. The van der Waals surface area contributed by atoms with Crippen molar-refractivity contribution >= 4 is 11.6 Å². The molecule has 1 aliphatic rings. The summed E-state index contributed by atoms with van der Waals surface area (Å²) in [4.78, 5) is 13.4. The molecule has 0 unspecified atom stereocenters. The van der Waals surface area contributed by atoms with Gasteiger partial charge in [0.15, 0.2) is 0 Å². The van der Waals surface area contributed by atoms with Gasteiger partial charge in [0.05, 0.1) is 0 Å². The van der Waals surface area contributed by atoms with Crippen molar-refractivity contribution < 1.29 is 4.39 Å². The van der Waals surface area contributed by atoms with Crippen LogP contribution in [0.15, 0.2) is 36.7 Å². The lowest BCUT2D eigenvalue weighted by Crippen LogP contribution is -2.46. The van der Waals surface area contributed by atoms with Gasteiger partial charge in [-0.25, -0.2) is 14.4 Å². The van der Waals surface area contributed by atoms with E-state index < -0.39 is 0 Å². The predicted molar refractivity (Wildman–Crippen MR) is 90.1 cm³/mol. The summed E-state index contributed by atoms with van der Waals surface area (Å²) >= 11 is 0. The van der Waals surface area contributed by atoms with Crippen LogP contribution in [0.25, 0.3) is 0 Å². The molecule has 3 rings (SSSR count). The van der Waals surface area contributed by atoms with Gasteiger partial charge in [-0.3, -0.25) is 0 Å². The van der Waals surface area contributed by atoms with Gasteiger partial charge in [0.2, 0.25) is 0 Å². The average Bonchev–Trinajstić information content (AvgIpc) is 2.61. The molecule has 1 saturated heterocycles. The van der Waals surface area contributed by atoms with E-state index in [0.29, 0.717) is 6.54 Å². The molecule has 1 fully saturated rings. The number of piperazine rings is 1. The van der Waals surface area contributed by atoms with E-state index in [-0.39, 0.29) is 5.82 Å². The van der Waals surface area contributed by atoms with Crippen molar-refractivity contribution in [3.8, 4) is 0 Å². The molecule has 6 heteroatoms. The normalized spacial score (nSPS) is 15.7. The largest absolute Gasteiger partial charge is 0.366 e. The van der Waals surface area contributed by atoms with E-state index in [4.69, 9.17) is 0 Å². The first-order chi connectivity index (χ1) is 11.2. The van der Waals surface area contributed by atoms with Crippen molar-refractivity contribution in [1.82, 2.24) is 14.9 Å². The number of benzene rings is 1. The van der Waals surface area contributed by atoms with Gasteiger partial charge in [-0.2, -0.15) is 0 Å². The predicted octanol–water partition coefficient (Wildman–Crippen LogP) is 2.37. The number of rotatable bonds is 5. The molecule has 0 amide bonds. The van der Waals surface area contributed by atoms with Gasteiger partial charge in [-0.15, -0.1) is 0 Å². The Morgan fingerprint density at radius 2 is 1.83 bits per heavy atom. The van der Waals surface area contributed by atoms with Gasteiger partial charge < -0.3 is 15.1 Å². The Bertz CT molecular complexity index is 623. The maximum atomic E-state index is 12.9. The van der Waals surface area contributed by atoms with Crippen LogP contribution in [0.4, 0.5) is 16.0 Å². The van der Waals surface area contributed by atoms with Gasteiger partial charge in [-0.1, -0.05) is 19.1 Å². The van der Waals surface area contributed by atoms with Crippen molar-refractivity contribution in [3.05, 3.63) is 48.0 Å². The minimum absolute atomic E-state index is 0.218. The van der Waals surface area contributed by atoms with Crippen LogP contribution in [0.5, 0.6) is 0 Å². The van der Waals surface area contributed by atoms with E-state index in [1.807, 2.05) is 6.07 Å². The minimum atomic E-state index is -0.218. The van der Waals surface area contributed by atoms with Crippen LogP contribution >= 0.6 is 0 Å². The molecule has 0 radical (unpaired) electrons. The van der Waals surface area contributed by atoms with Gasteiger partial charge in [0, 0.05) is 38.8 Å². The molecule has 0 atom stereocenters. The Morgan fingerprint density at radius 1 is 1.09 bits per heavy atom. The summed E-state index contributed by atoms with van der Waals surface area (Å²) in [5.74, 6) is 1.53. The Morgan fingerprint density at radius 3 is 2.52 bits per heavy atom. The summed E-state index contributed by atoms with van der Waals surface area (Å²) in [6.07, 6.45) is 1.59. The van der Waals surface area contributed by atoms with Crippen LogP contribution < -0.4 is 10.2 Å². The number of halogens is 1. The summed E-state index contributed by atoms with van der Waals surface area (Å²) in [5, 5.41) is 3.27. The quantitative estimate of drug-likeness (QED) is 0.918.